The standard InChI is InChI=1S/C25H32O4/c1-14-11-19-20(23(5)9-7-18(28)13-21(14)23)8-10-24(6)22(19)12-15(2)25(24,16(3)26)29-17(4)27/h11,13,19-20,22H,2,7-10,12H2,1,3-6H3/t19-,20+,22-,23-,24+,25+/m1/s1. The Balaban J connectivity index is 1.84. The molecular weight excluding hydrogens is 364 g/mol. The third-order valence-corrected chi connectivity index (χ3v) is 8.78. The van der Waals surface area contributed by atoms with E-state index in [0.29, 0.717) is 18.8 Å². The number of ether oxygens (including phenoxy) is 1. The Morgan fingerprint density at radius 2 is 1.86 bits per heavy atom. The minimum absolute atomic E-state index is 0.0109. The lowest BCUT2D eigenvalue weighted by Crippen LogP contribution is -2.58. The molecule has 4 rings (SSSR count). The van der Waals surface area contributed by atoms with E-state index in [4.69, 9.17) is 4.74 Å². The van der Waals surface area contributed by atoms with Crippen molar-refractivity contribution >= 4 is 17.5 Å². The zero-order valence-electron chi connectivity index (χ0n) is 18.3. The molecule has 0 aromatic heterocycles. The van der Waals surface area contributed by atoms with Gasteiger partial charge in [0, 0.05) is 18.8 Å². The van der Waals surface area contributed by atoms with Crippen molar-refractivity contribution in [3.05, 3.63) is 35.5 Å². The van der Waals surface area contributed by atoms with Crippen molar-refractivity contribution in [3.63, 3.8) is 0 Å². The molecule has 4 nitrogen and oxygen atoms in total. The summed E-state index contributed by atoms with van der Waals surface area (Å²) in [5.41, 5.74) is 1.43. The quantitative estimate of drug-likeness (QED) is 0.500. The van der Waals surface area contributed by atoms with Crippen molar-refractivity contribution in [2.75, 3.05) is 0 Å². The zero-order chi connectivity index (χ0) is 21.4. The summed E-state index contributed by atoms with van der Waals surface area (Å²) in [5, 5.41) is 0. The number of carbonyl (C=O) groups is 3. The molecule has 0 heterocycles. The van der Waals surface area contributed by atoms with E-state index in [-0.39, 0.29) is 28.8 Å². The molecule has 0 radical (unpaired) electrons. The van der Waals surface area contributed by atoms with Crippen LogP contribution in [0.1, 0.15) is 66.7 Å². The van der Waals surface area contributed by atoms with Gasteiger partial charge >= 0.3 is 5.97 Å². The van der Waals surface area contributed by atoms with Crippen LogP contribution >= 0.6 is 0 Å². The lowest BCUT2D eigenvalue weighted by molar-refractivity contribution is -0.179. The highest BCUT2D eigenvalue weighted by molar-refractivity contribution is 5.93. The van der Waals surface area contributed by atoms with Gasteiger partial charge in [-0.2, -0.15) is 0 Å². The van der Waals surface area contributed by atoms with Gasteiger partial charge < -0.3 is 4.74 Å². The maximum Gasteiger partial charge on any atom is 0.303 e. The van der Waals surface area contributed by atoms with Crippen molar-refractivity contribution in [1.82, 2.24) is 0 Å². The number of hydrogen-bond donors (Lipinski definition) is 0. The third kappa shape index (κ3) is 2.47. The number of fused-ring (bicyclic) bond motifs is 5. The fourth-order valence-electron chi connectivity index (χ4n) is 7.50. The van der Waals surface area contributed by atoms with E-state index >= 15 is 0 Å². The Bertz CT molecular complexity index is 892. The molecule has 0 aromatic rings. The molecule has 0 bridgehead atoms. The number of carbonyl (C=O) groups excluding carboxylic acids is 3. The van der Waals surface area contributed by atoms with Gasteiger partial charge in [0.25, 0.3) is 0 Å². The van der Waals surface area contributed by atoms with Crippen LogP contribution in [0.15, 0.2) is 35.5 Å². The highest BCUT2D eigenvalue weighted by Crippen LogP contribution is 2.68. The summed E-state index contributed by atoms with van der Waals surface area (Å²) in [4.78, 5) is 37.0. The molecule has 0 amide bonds. The van der Waals surface area contributed by atoms with E-state index < -0.39 is 17.0 Å². The summed E-state index contributed by atoms with van der Waals surface area (Å²) in [7, 11) is 0. The molecule has 0 spiro atoms. The van der Waals surface area contributed by atoms with Gasteiger partial charge in [0.1, 0.15) is 0 Å². The van der Waals surface area contributed by atoms with Gasteiger partial charge in [0.2, 0.25) is 0 Å². The molecule has 0 unspecified atom stereocenters. The normalized spacial score (nSPS) is 43.6. The monoisotopic (exact) mass is 396 g/mol. The van der Waals surface area contributed by atoms with Gasteiger partial charge in [-0.25, -0.2) is 0 Å². The Kier molecular flexibility index (Phi) is 4.39. The molecule has 4 heteroatoms. The number of hydrogen-bond acceptors (Lipinski definition) is 4. The van der Waals surface area contributed by atoms with E-state index in [2.05, 4.69) is 33.4 Å². The molecule has 4 aliphatic rings. The smallest absolute Gasteiger partial charge is 0.303 e. The predicted octanol–water partition coefficient (Wildman–Crippen LogP) is 4.74. The van der Waals surface area contributed by atoms with Crippen LogP contribution < -0.4 is 0 Å². The Hall–Kier alpha value is -1.97. The largest absolute Gasteiger partial charge is 0.446 e. The van der Waals surface area contributed by atoms with Crippen molar-refractivity contribution in [1.29, 1.82) is 0 Å². The minimum Gasteiger partial charge on any atom is -0.446 e. The van der Waals surface area contributed by atoms with Crippen molar-refractivity contribution < 1.29 is 19.1 Å². The Labute approximate surface area is 173 Å². The van der Waals surface area contributed by atoms with E-state index in [1.807, 2.05) is 6.08 Å². The molecule has 0 N–H and O–H groups in total. The molecule has 156 valence electrons. The SMILES string of the molecule is C=C1C[C@@H]2[C@@H]3C=C(C)C4=CC(=O)CC[C@]4(C)[C@H]3CC[C@]2(C)[C@@]1(OC(C)=O)C(C)=O. The Morgan fingerprint density at radius 1 is 1.17 bits per heavy atom. The predicted molar refractivity (Wildman–Crippen MR) is 111 cm³/mol. The maximum atomic E-state index is 12.9. The topological polar surface area (TPSA) is 60.4 Å². The molecule has 4 aliphatic carbocycles. The highest BCUT2D eigenvalue weighted by atomic mass is 16.6. The lowest BCUT2D eigenvalue weighted by Gasteiger charge is -2.57. The maximum absolute atomic E-state index is 12.9. The van der Waals surface area contributed by atoms with E-state index in [1.165, 1.54) is 25.0 Å². The van der Waals surface area contributed by atoms with Gasteiger partial charge in [-0.15, -0.1) is 0 Å². The molecule has 2 saturated carbocycles. The van der Waals surface area contributed by atoms with Gasteiger partial charge in [0.15, 0.2) is 17.2 Å². The lowest BCUT2D eigenvalue weighted by atomic mass is 9.47. The summed E-state index contributed by atoms with van der Waals surface area (Å²) in [6.07, 6.45) is 8.15. The van der Waals surface area contributed by atoms with Gasteiger partial charge in [-0.05, 0) is 79.9 Å². The molecule has 0 aromatic carbocycles. The molecular formula is C25H32O4. The van der Waals surface area contributed by atoms with Crippen LogP contribution in [0.4, 0.5) is 0 Å². The van der Waals surface area contributed by atoms with Crippen LogP contribution in [-0.2, 0) is 19.1 Å². The fraction of sp³-hybridized carbons (Fsp3) is 0.640. The van der Waals surface area contributed by atoms with Crippen LogP contribution in [0.5, 0.6) is 0 Å². The average Bonchev–Trinajstić information content (AvgIpc) is 2.85. The number of allylic oxidation sites excluding steroid dienone is 4. The van der Waals surface area contributed by atoms with Crippen LogP contribution in [0.2, 0.25) is 0 Å². The van der Waals surface area contributed by atoms with Gasteiger partial charge in [0.05, 0.1) is 0 Å². The van der Waals surface area contributed by atoms with E-state index in [9.17, 15) is 14.4 Å². The van der Waals surface area contributed by atoms with Crippen LogP contribution in [0.25, 0.3) is 0 Å². The highest BCUT2D eigenvalue weighted by Gasteiger charge is 2.69. The summed E-state index contributed by atoms with van der Waals surface area (Å²) >= 11 is 0. The van der Waals surface area contributed by atoms with Crippen molar-refractivity contribution in [2.24, 2.45) is 28.6 Å². The summed E-state index contributed by atoms with van der Waals surface area (Å²) in [6.45, 7) is 13.7. The minimum atomic E-state index is -1.23. The first-order valence-electron chi connectivity index (χ1n) is 10.8. The number of Topliss-reactive ketones (excluding diaryl/α,β-unsaturated/α-hetero) is 1. The molecule has 29 heavy (non-hydrogen) atoms. The number of ketones is 2. The van der Waals surface area contributed by atoms with Crippen LogP contribution in [0, 0.1) is 28.6 Å². The van der Waals surface area contributed by atoms with Crippen LogP contribution in [-0.4, -0.2) is 23.1 Å². The second-order valence-electron chi connectivity index (χ2n) is 10.2. The molecule has 0 saturated heterocycles. The first-order chi connectivity index (χ1) is 13.5. The van der Waals surface area contributed by atoms with E-state index in [1.54, 1.807) is 0 Å². The molecule has 2 fully saturated rings. The Morgan fingerprint density at radius 3 is 2.48 bits per heavy atom. The zero-order valence-corrected chi connectivity index (χ0v) is 18.3. The first-order valence-corrected chi connectivity index (χ1v) is 10.8. The van der Waals surface area contributed by atoms with Gasteiger partial charge in [-0.3, -0.25) is 14.4 Å². The van der Waals surface area contributed by atoms with Crippen molar-refractivity contribution in [2.45, 2.75) is 72.3 Å². The first kappa shape index (κ1) is 20.3. The number of rotatable bonds is 2. The second-order valence-corrected chi connectivity index (χ2v) is 10.2. The van der Waals surface area contributed by atoms with Crippen molar-refractivity contribution in [3.8, 4) is 0 Å². The van der Waals surface area contributed by atoms with Gasteiger partial charge in [-0.1, -0.05) is 32.1 Å². The fourth-order valence-corrected chi connectivity index (χ4v) is 7.50. The third-order valence-electron chi connectivity index (χ3n) is 8.78. The molecule has 6 atom stereocenters. The van der Waals surface area contributed by atoms with E-state index in [0.717, 1.165) is 24.8 Å². The average molecular weight is 397 g/mol. The summed E-state index contributed by atoms with van der Waals surface area (Å²) < 4.78 is 5.83. The summed E-state index contributed by atoms with van der Waals surface area (Å²) in [6, 6.07) is 0. The second kappa shape index (κ2) is 6.26. The number of esters is 1. The molecule has 0 aliphatic heterocycles. The van der Waals surface area contributed by atoms with Crippen LogP contribution in [0.3, 0.4) is 0 Å². The summed E-state index contributed by atoms with van der Waals surface area (Å²) in [5.74, 6) is 0.595.